The van der Waals surface area contributed by atoms with Crippen molar-refractivity contribution < 1.29 is 0 Å². The van der Waals surface area contributed by atoms with Gasteiger partial charge in [-0.3, -0.25) is 0 Å². The Morgan fingerprint density at radius 3 is 1.55 bits per heavy atom. The van der Waals surface area contributed by atoms with E-state index in [0.29, 0.717) is 10.9 Å². The summed E-state index contributed by atoms with van der Waals surface area (Å²) < 4.78 is 0. The molecule has 0 aromatic heterocycles. The third-order valence-corrected chi connectivity index (χ3v) is 3.41. The van der Waals surface area contributed by atoms with Crippen molar-refractivity contribution in [3.8, 4) is 22.3 Å². The molecule has 0 saturated heterocycles. The lowest BCUT2D eigenvalue weighted by atomic mass is 9.79. The van der Waals surface area contributed by atoms with Gasteiger partial charge in [-0.05, 0) is 22.3 Å². The SMILES string of the molecule is [B]c1ccc(-c2ccc(-c3ccccc3)cc2)cc1[B]. The maximum atomic E-state index is 5.85. The number of rotatable bonds is 2. The lowest BCUT2D eigenvalue weighted by molar-refractivity contribution is 1.60. The average molecular weight is 250 g/mol. The lowest BCUT2D eigenvalue weighted by Crippen LogP contribution is -2.24. The first-order valence-electron chi connectivity index (χ1n) is 6.55. The largest absolute Gasteiger partial charge is 0.113 e. The van der Waals surface area contributed by atoms with Gasteiger partial charge in [0, 0.05) is 0 Å². The van der Waals surface area contributed by atoms with Crippen LogP contribution in [0.3, 0.4) is 0 Å². The maximum Gasteiger partial charge on any atom is 0.113 e. The van der Waals surface area contributed by atoms with Gasteiger partial charge in [-0.1, -0.05) is 72.8 Å². The Hall–Kier alpha value is -2.21. The lowest BCUT2D eigenvalue weighted by Gasteiger charge is -2.07. The molecule has 20 heavy (non-hydrogen) atoms. The van der Waals surface area contributed by atoms with Crippen molar-refractivity contribution in [2.24, 2.45) is 0 Å². The van der Waals surface area contributed by atoms with Crippen molar-refractivity contribution in [1.82, 2.24) is 0 Å². The molecule has 4 radical (unpaired) electrons. The normalized spacial score (nSPS) is 10.4. The van der Waals surface area contributed by atoms with Crippen molar-refractivity contribution in [2.75, 3.05) is 0 Å². The van der Waals surface area contributed by atoms with Gasteiger partial charge in [0.05, 0.1) is 0 Å². The van der Waals surface area contributed by atoms with Crippen molar-refractivity contribution in [3.63, 3.8) is 0 Å². The van der Waals surface area contributed by atoms with E-state index in [9.17, 15) is 0 Å². The van der Waals surface area contributed by atoms with E-state index in [4.69, 9.17) is 15.7 Å². The Morgan fingerprint density at radius 1 is 0.450 bits per heavy atom. The standard InChI is InChI=1S/C18H12B2/c19-17-11-10-16(12-18(17)20)15-8-6-14(7-9-15)13-4-2-1-3-5-13/h1-12H. The Kier molecular flexibility index (Phi) is 3.47. The molecule has 3 aromatic rings. The number of benzene rings is 3. The molecule has 3 aromatic carbocycles. The van der Waals surface area contributed by atoms with Crippen LogP contribution in [0, 0.1) is 0 Å². The summed E-state index contributed by atoms with van der Waals surface area (Å²) in [5, 5.41) is 0. The molecule has 0 aliphatic carbocycles. The van der Waals surface area contributed by atoms with Crippen LogP contribution >= 0.6 is 0 Å². The third-order valence-electron chi connectivity index (χ3n) is 3.41. The van der Waals surface area contributed by atoms with Gasteiger partial charge in [0.1, 0.15) is 15.7 Å². The molecular formula is C18H12B2. The van der Waals surface area contributed by atoms with E-state index in [1.165, 1.54) is 11.1 Å². The van der Waals surface area contributed by atoms with Crippen LogP contribution in [0.1, 0.15) is 0 Å². The van der Waals surface area contributed by atoms with Crippen molar-refractivity contribution in [3.05, 3.63) is 72.8 Å². The van der Waals surface area contributed by atoms with Gasteiger partial charge in [-0.2, -0.15) is 0 Å². The second-order valence-electron chi connectivity index (χ2n) is 4.79. The Bertz CT molecular complexity index is 716. The molecule has 0 bridgehead atoms. The Labute approximate surface area is 122 Å². The van der Waals surface area contributed by atoms with Gasteiger partial charge >= 0.3 is 0 Å². The fourth-order valence-corrected chi connectivity index (χ4v) is 2.24. The highest BCUT2D eigenvalue weighted by molar-refractivity contribution is 6.48. The van der Waals surface area contributed by atoms with E-state index in [2.05, 4.69) is 36.4 Å². The second kappa shape index (κ2) is 5.42. The highest BCUT2D eigenvalue weighted by Gasteiger charge is 2.01. The Balaban J connectivity index is 1.95. The molecule has 0 atom stereocenters. The van der Waals surface area contributed by atoms with E-state index in [-0.39, 0.29) is 0 Å². The molecule has 0 unspecified atom stereocenters. The monoisotopic (exact) mass is 250 g/mol. The summed E-state index contributed by atoms with van der Waals surface area (Å²) in [6, 6.07) is 24.5. The quantitative estimate of drug-likeness (QED) is 0.613. The molecule has 90 valence electrons. The van der Waals surface area contributed by atoms with Crippen molar-refractivity contribution in [1.29, 1.82) is 0 Å². The van der Waals surface area contributed by atoms with E-state index in [1.54, 1.807) is 0 Å². The molecule has 3 rings (SSSR count). The van der Waals surface area contributed by atoms with Gasteiger partial charge in [-0.15, -0.1) is 10.9 Å². The fourth-order valence-electron chi connectivity index (χ4n) is 2.24. The molecule has 0 nitrogen and oxygen atoms in total. The number of hydrogen-bond donors (Lipinski definition) is 0. The second-order valence-corrected chi connectivity index (χ2v) is 4.79. The number of hydrogen-bond acceptors (Lipinski definition) is 0. The van der Waals surface area contributed by atoms with Gasteiger partial charge in [-0.25, -0.2) is 0 Å². The summed E-state index contributed by atoms with van der Waals surface area (Å²) in [6.07, 6.45) is 0. The summed E-state index contributed by atoms with van der Waals surface area (Å²) in [6.45, 7) is 0. The zero-order valence-corrected chi connectivity index (χ0v) is 11.1. The van der Waals surface area contributed by atoms with E-state index < -0.39 is 0 Å². The zero-order valence-electron chi connectivity index (χ0n) is 11.1. The van der Waals surface area contributed by atoms with Crippen LogP contribution in [-0.4, -0.2) is 15.7 Å². The Morgan fingerprint density at radius 2 is 0.950 bits per heavy atom. The first kappa shape index (κ1) is 12.8. The van der Waals surface area contributed by atoms with Gasteiger partial charge in [0.25, 0.3) is 0 Å². The third kappa shape index (κ3) is 2.55. The van der Waals surface area contributed by atoms with E-state index in [1.807, 2.05) is 36.4 Å². The first-order chi connectivity index (χ1) is 9.74. The van der Waals surface area contributed by atoms with Crippen LogP contribution in [0.5, 0.6) is 0 Å². The first-order valence-corrected chi connectivity index (χ1v) is 6.55. The molecule has 0 N–H and O–H groups in total. The molecule has 0 spiro atoms. The fraction of sp³-hybridized carbons (Fsp3) is 0. The maximum absolute atomic E-state index is 5.85. The average Bonchev–Trinajstić information content (AvgIpc) is 2.51. The summed E-state index contributed by atoms with van der Waals surface area (Å²) in [5.41, 5.74) is 5.88. The van der Waals surface area contributed by atoms with Crippen LogP contribution in [0.15, 0.2) is 72.8 Å². The molecule has 0 aliphatic heterocycles. The highest BCUT2D eigenvalue weighted by Crippen LogP contribution is 2.23. The van der Waals surface area contributed by atoms with Crippen LogP contribution in [-0.2, 0) is 0 Å². The van der Waals surface area contributed by atoms with Gasteiger partial charge in [0.2, 0.25) is 0 Å². The predicted molar refractivity (Wildman–Crippen MR) is 88.1 cm³/mol. The summed E-state index contributed by atoms with van der Waals surface area (Å²) in [5.74, 6) is 0. The van der Waals surface area contributed by atoms with E-state index in [0.717, 1.165) is 11.1 Å². The summed E-state index contributed by atoms with van der Waals surface area (Å²) in [7, 11) is 11.6. The van der Waals surface area contributed by atoms with E-state index >= 15 is 0 Å². The van der Waals surface area contributed by atoms with Crippen LogP contribution in [0.4, 0.5) is 0 Å². The molecule has 0 amide bonds. The van der Waals surface area contributed by atoms with Crippen molar-refractivity contribution in [2.45, 2.75) is 0 Å². The minimum atomic E-state index is 0.620. The molecule has 2 heteroatoms. The van der Waals surface area contributed by atoms with Crippen LogP contribution in [0.25, 0.3) is 22.3 Å². The predicted octanol–water partition coefficient (Wildman–Crippen LogP) is 2.61. The minimum Gasteiger partial charge on any atom is -0.104 e. The zero-order chi connectivity index (χ0) is 13.9. The van der Waals surface area contributed by atoms with Gasteiger partial charge < -0.3 is 0 Å². The summed E-state index contributed by atoms with van der Waals surface area (Å²) >= 11 is 0. The van der Waals surface area contributed by atoms with Crippen LogP contribution < -0.4 is 10.9 Å². The molecular weight excluding hydrogens is 238 g/mol. The van der Waals surface area contributed by atoms with Gasteiger partial charge in [0.15, 0.2) is 0 Å². The molecule has 0 aliphatic rings. The topological polar surface area (TPSA) is 0 Å². The minimum absolute atomic E-state index is 0.620. The smallest absolute Gasteiger partial charge is 0.104 e. The molecule has 0 fully saturated rings. The molecule has 0 saturated carbocycles. The molecule has 0 heterocycles. The van der Waals surface area contributed by atoms with Crippen LogP contribution in [0.2, 0.25) is 0 Å². The highest BCUT2D eigenvalue weighted by atomic mass is 14.0. The van der Waals surface area contributed by atoms with Crippen molar-refractivity contribution >= 4 is 26.6 Å². The summed E-state index contributed by atoms with van der Waals surface area (Å²) in [4.78, 5) is 0.